The Morgan fingerprint density at radius 3 is 2.89 bits per heavy atom. The fourth-order valence-corrected chi connectivity index (χ4v) is 3.28. The molecular formula is C14H17ClN2O. The third-order valence-electron chi connectivity index (χ3n) is 4.47. The van der Waals surface area contributed by atoms with Crippen LogP contribution < -0.4 is 0 Å². The van der Waals surface area contributed by atoms with E-state index in [1.807, 2.05) is 12.1 Å². The molecule has 4 heteroatoms. The standard InChI is InChI=1S/C14H17ClN2O/c1-2-14(4-3-5-14)13(18)11-7-10(15)6-9-8-16-17-12(9)11/h6-8,13,18H,2-5H2,1H3,(H,16,17). The van der Waals surface area contributed by atoms with Crippen LogP contribution in [-0.2, 0) is 0 Å². The predicted molar refractivity (Wildman–Crippen MR) is 72.6 cm³/mol. The van der Waals surface area contributed by atoms with E-state index in [-0.39, 0.29) is 5.41 Å². The zero-order chi connectivity index (χ0) is 12.8. The van der Waals surface area contributed by atoms with Crippen LogP contribution >= 0.6 is 11.6 Å². The van der Waals surface area contributed by atoms with E-state index in [1.165, 1.54) is 6.42 Å². The molecule has 1 unspecified atom stereocenters. The lowest BCUT2D eigenvalue weighted by Crippen LogP contribution is -2.35. The summed E-state index contributed by atoms with van der Waals surface area (Å²) in [6.45, 7) is 2.15. The molecule has 1 aromatic heterocycles. The Hall–Kier alpha value is -1.06. The molecule has 2 N–H and O–H groups in total. The van der Waals surface area contributed by atoms with Crippen LogP contribution in [0.15, 0.2) is 18.3 Å². The van der Waals surface area contributed by atoms with Gasteiger partial charge in [-0.05, 0) is 31.4 Å². The molecule has 1 aliphatic rings. The van der Waals surface area contributed by atoms with Gasteiger partial charge in [0, 0.05) is 21.4 Å². The number of halogens is 1. The van der Waals surface area contributed by atoms with Crippen molar-refractivity contribution < 1.29 is 5.11 Å². The second-order valence-corrected chi connectivity index (χ2v) is 5.74. The van der Waals surface area contributed by atoms with Crippen LogP contribution in [0.1, 0.15) is 44.3 Å². The van der Waals surface area contributed by atoms with E-state index in [9.17, 15) is 5.11 Å². The molecule has 1 aliphatic carbocycles. The number of nitrogens with one attached hydrogen (secondary N) is 1. The normalized spacial score (nSPS) is 19.7. The summed E-state index contributed by atoms with van der Waals surface area (Å²) in [6, 6.07) is 3.73. The average molecular weight is 265 g/mol. The van der Waals surface area contributed by atoms with Crippen molar-refractivity contribution in [3.05, 3.63) is 28.9 Å². The number of benzene rings is 1. The number of hydrogen-bond acceptors (Lipinski definition) is 2. The maximum atomic E-state index is 10.7. The molecule has 1 atom stereocenters. The van der Waals surface area contributed by atoms with Crippen LogP contribution in [0.2, 0.25) is 5.02 Å². The Morgan fingerprint density at radius 2 is 2.28 bits per heavy atom. The lowest BCUT2D eigenvalue weighted by atomic mass is 9.62. The Morgan fingerprint density at radius 1 is 1.50 bits per heavy atom. The highest BCUT2D eigenvalue weighted by Crippen LogP contribution is 2.53. The van der Waals surface area contributed by atoms with Crippen LogP contribution in [0.25, 0.3) is 10.9 Å². The number of aliphatic hydroxyl groups is 1. The summed E-state index contributed by atoms with van der Waals surface area (Å²) >= 11 is 6.13. The van der Waals surface area contributed by atoms with Gasteiger partial charge in [0.1, 0.15) is 0 Å². The second kappa shape index (κ2) is 4.25. The SMILES string of the molecule is CCC1(C(O)c2cc(Cl)cc3cn[nH]c23)CCC1. The van der Waals surface area contributed by atoms with Gasteiger partial charge in [-0.1, -0.05) is 24.9 Å². The number of aromatic amines is 1. The van der Waals surface area contributed by atoms with Gasteiger partial charge < -0.3 is 5.11 Å². The van der Waals surface area contributed by atoms with E-state index in [2.05, 4.69) is 17.1 Å². The lowest BCUT2D eigenvalue weighted by molar-refractivity contribution is -0.0392. The molecular weight excluding hydrogens is 248 g/mol. The second-order valence-electron chi connectivity index (χ2n) is 5.30. The van der Waals surface area contributed by atoms with Crippen molar-refractivity contribution in [3.63, 3.8) is 0 Å². The van der Waals surface area contributed by atoms with Gasteiger partial charge in [-0.3, -0.25) is 5.10 Å². The fraction of sp³-hybridized carbons (Fsp3) is 0.500. The van der Waals surface area contributed by atoms with E-state index in [0.717, 1.165) is 35.7 Å². The van der Waals surface area contributed by atoms with Crippen LogP contribution in [0.3, 0.4) is 0 Å². The highest BCUT2D eigenvalue weighted by molar-refractivity contribution is 6.31. The average Bonchev–Trinajstić information content (AvgIpc) is 2.74. The molecule has 1 fully saturated rings. The van der Waals surface area contributed by atoms with Crippen molar-refractivity contribution in [3.8, 4) is 0 Å². The first-order valence-corrected chi connectivity index (χ1v) is 6.85. The number of rotatable bonds is 3. The minimum absolute atomic E-state index is 0.0305. The summed E-state index contributed by atoms with van der Waals surface area (Å²) in [7, 11) is 0. The largest absolute Gasteiger partial charge is 0.388 e. The van der Waals surface area contributed by atoms with Gasteiger partial charge in [-0.15, -0.1) is 0 Å². The molecule has 1 saturated carbocycles. The summed E-state index contributed by atoms with van der Waals surface area (Å²) in [4.78, 5) is 0. The topological polar surface area (TPSA) is 48.9 Å². The van der Waals surface area contributed by atoms with Gasteiger partial charge >= 0.3 is 0 Å². The van der Waals surface area contributed by atoms with Gasteiger partial charge in [0.05, 0.1) is 17.8 Å². The van der Waals surface area contributed by atoms with Crippen molar-refractivity contribution >= 4 is 22.5 Å². The van der Waals surface area contributed by atoms with Crippen LogP contribution in [0.5, 0.6) is 0 Å². The van der Waals surface area contributed by atoms with Gasteiger partial charge in [-0.2, -0.15) is 5.10 Å². The van der Waals surface area contributed by atoms with Crippen LogP contribution in [-0.4, -0.2) is 15.3 Å². The maximum Gasteiger partial charge on any atom is 0.0867 e. The molecule has 0 radical (unpaired) electrons. The summed E-state index contributed by atoms with van der Waals surface area (Å²) in [6.07, 6.45) is 5.67. The minimum atomic E-state index is -0.460. The first kappa shape index (κ1) is 12.0. The van der Waals surface area contributed by atoms with E-state index in [0.29, 0.717) is 5.02 Å². The Labute approximate surface area is 111 Å². The highest BCUT2D eigenvalue weighted by Gasteiger charge is 2.43. The van der Waals surface area contributed by atoms with Gasteiger partial charge in [0.25, 0.3) is 0 Å². The van der Waals surface area contributed by atoms with Crippen molar-refractivity contribution in [2.24, 2.45) is 5.41 Å². The highest BCUT2D eigenvalue weighted by atomic mass is 35.5. The van der Waals surface area contributed by atoms with E-state index in [1.54, 1.807) is 6.20 Å². The molecule has 3 nitrogen and oxygen atoms in total. The van der Waals surface area contributed by atoms with Crippen molar-refractivity contribution in [2.75, 3.05) is 0 Å². The molecule has 0 saturated heterocycles. The number of aliphatic hydroxyl groups excluding tert-OH is 1. The summed E-state index contributed by atoms with van der Waals surface area (Å²) in [5.74, 6) is 0. The minimum Gasteiger partial charge on any atom is -0.388 e. The summed E-state index contributed by atoms with van der Waals surface area (Å²) in [5.41, 5.74) is 1.83. The number of hydrogen-bond donors (Lipinski definition) is 2. The first-order valence-electron chi connectivity index (χ1n) is 6.47. The van der Waals surface area contributed by atoms with Gasteiger partial charge in [0.15, 0.2) is 0 Å². The molecule has 18 heavy (non-hydrogen) atoms. The molecule has 1 heterocycles. The van der Waals surface area contributed by atoms with Crippen LogP contribution in [0, 0.1) is 5.41 Å². The van der Waals surface area contributed by atoms with Gasteiger partial charge in [-0.25, -0.2) is 0 Å². The van der Waals surface area contributed by atoms with Crippen LogP contribution in [0.4, 0.5) is 0 Å². The van der Waals surface area contributed by atoms with Gasteiger partial charge in [0.2, 0.25) is 0 Å². The monoisotopic (exact) mass is 264 g/mol. The third kappa shape index (κ3) is 1.65. The first-order chi connectivity index (χ1) is 8.66. The predicted octanol–water partition coefficient (Wildman–Crippen LogP) is 3.83. The number of H-pyrrole nitrogens is 1. The van der Waals surface area contributed by atoms with Crippen molar-refractivity contribution in [2.45, 2.75) is 38.7 Å². The lowest BCUT2D eigenvalue weighted by Gasteiger charge is -2.45. The van der Waals surface area contributed by atoms with E-state index < -0.39 is 6.10 Å². The molecule has 0 aliphatic heterocycles. The smallest absolute Gasteiger partial charge is 0.0867 e. The number of aromatic nitrogens is 2. The zero-order valence-corrected chi connectivity index (χ0v) is 11.2. The summed E-state index contributed by atoms with van der Waals surface area (Å²) < 4.78 is 0. The maximum absolute atomic E-state index is 10.7. The Balaban J connectivity index is 2.10. The van der Waals surface area contributed by atoms with E-state index >= 15 is 0 Å². The molecule has 0 amide bonds. The molecule has 3 rings (SSSR count). The molecule has 0 bridgehead atoms. The zero-order valence-electron chi connectivity index (χ0n) is 10.4. The molecule has 0 spiro atoms. The number of nitrogens with zero attached hydrogens (tertiary/aromatic N) is 1. The molecule has 2 aromatic rings. The Bertz CT molecular complexity index is 569. The summed E-state index contributed by atoms with van der Waals surface area (Å²) in [5, 5.41) is 19.4. The molecule has 1 aromatic carbocycles. The van der Waals surface area contributed by atoms with Crippen molar-refractivity contribution in [1.82, 2.24) is 10.2 Å². The Kier molecular flexibility index (Phi) is 2.83. The van der Waals surface area contributed by atoms with Crippen molar-refractivity contribution in [1.29, 1.82) is 0 Å². The quantitative estimate of drug-likeness (QED) is 0.885. The molecule has 96 valence electrons. The third-order valence-corrected chi connectivity index (χ3v) is 4.69. The fourth-order valence-electron chi connectivity index (χ4n) is 3.04. The van der Waals surface area contributed by atoms with E-state index in [4.69, 9.17) is 11.6 Å². The number of fused-ring (bicyclic) bond motifs is 1.